The molecular weight excluding hydrogens is 392 g/mol. The predicted octanol–water partition coefficient (Wildman–Crippen LogP) is 9.64. The number of rotatable bonds is 18. The first-order chi connectivity index (χ1) is 13.3. The molecule has 0 unspecified atom stereocenters. The second kappa shape index (κ2) is 23.2. The second-order valence-corrected chi connectivity index (χ2v) is 7.73. The fourth-order valence-corrected chi connectivity index (χ4v) is 3.39. The van der Waals surface area contributed by atoms with Gasteiger partial charge in [-0.25, -0.2) is 0 Å². The van der Waals surface area contributed by atoms with E-state index in [1.165, 1.54) is 83.5 Å². The highest BCUT2D eigenvalue weighted by atomic mass is 79.9. The van der Waals surface area contributed by atoms with Gasteiger partial charge in [-0.1, -0.05) is 102 Å². The van der Waals surface area contributed by atoms with Gasteiger partial charge >= 0.3 is 0 Å². The Bertz CT molecular complexity index is 437. The second-order valence-electron chi connectivity index (χ2n) is 7.08. The molecule has 0 rings (SSSR count). The summed E-state index contributed by atoms with van der Waals surface area (Å²) in [6.45, 7) is 4.36. The lowest BCUT2D eigenvalue weighted by Crippen LogP contribution is -1.86. The van der Waals surface area contributed by atoms with Gasteiger partial charge in [0.05, 0.1) is 0 Å². The molecule has 0 fully saturated rings. The minimum Gasteiger partial charge on any atom is -0.0917 e. The first kappa shape index (κ1) is 26.2. The van der Waals surface area contributed by atoms with Gasteiger partial charge in [0, 0.05) is 5.33 Å². The molecule has 0 saturated heterocycles. The van der Waals surface area contributed by atoms with Crippen LogP contribution in [-0.2, 0) is 0 Å². The van der Waals surface area contributed by atoms with Crippen LogP contribution in [0, 0.1) is 0 Å². The van der Waals surface area contributed by atoms with E-state index < -0.39 is 0 Å². The average Bonchev–Trinajstić information content (AvgIpc) is 2.68. The highest BCUT2D eigenvalue weighted by Crippen LogP contribution is 2.16. The van der Waals surface area contributed by atoms with E-state index >= 15 is 0 Å². The van der Waals surface area contributed by atoms with Crippen molar-refractivity contribution >= 4 is 15.9 Å². The van der Waals surface area contributed by atoms with E-state index in [0.29, 0.717) is 0 Å². The lowest BCUT2D eigenvalue weighted by molar-refractivity contribution is 0.654. The number of hydrogen-bond donors (Lipinski definition) is 0. The Kier molecular flexibility index (Phi) is 22.5. The molecule has 0 atom stereocenters. The normalized spacial score (nSPS) is 13.2. The van der Waals surface area contributed by atoms with Crippen molar-refractivity contribution in [3.63, 3.8) is 0 Å². The van der Waals surface area contributed by atoms with Crippen molar-refractivity contribution in [2.75, 3.05) is 5.33 Å². The number of unbranched alkanes of at least 4 members (excludes halogenated alkanes) is 6. The Hall–Kier alpha value is -0.820. The highest BCUT2D eigenvalue weighted by Gasteiger charge is 1.97. The topological polar surface area (TPSA) is 0 Å². The molecule has 0 aromatic rings. The highest BCUT2D eigenvalue weighted by molar-refractivity contribution is 9.09. The fourth-order valence-electron chi connectivity index (χ4n) is 2.94. The van der Waals surface area contributed by atoms with Gasteiger partial charge < -0.3 is 0 Å². The quantitative estimate of drug-likeness (QED) is 0.114. The summed E-state index contributed by atoms with van der Waals surface area (Å²) in [6, 6.07) is 0. The Morgan fingerprint density at radius 3 is 1.63 bits per heavy atom. The molecule has 0 N–H and O–H groups in total. The molecule has 0 saturated carbocycles. The van der Waals surface area contributed by atoms with Crippen LogP contribution in [0.15, 0.2) is 60.3 Å². The van der Waals surface area contributed by atoms with Crippen molar-refractivity contribution in [1.29, 1.82) is 0 Å². The van der Waals surface area contributed by atoms with Crippen LogP contribution < -0.4 is 0 Å². The molecule has 0 spiro atoms. The van der Waals surface area contributed by atoms with E-state index in [0.717, 1.165) is 5.33 Å². The summed E-state index contributed by atoms with van der Waals surface area (Å²) in [5.41, 5.74) is 1.63. The van der Waals surface area contributed by atoms with Crippen LogP contribution >= 0.6 is 15.9 Å². The first-order valence-electron chi connectivity index (χ1n) is 11.1. The Labute approximate surface area is 178 Å². The van der Waals surface area contributed by atoms with E-state index in [1.54, 1.807) is 5.57 Å². The minimum atomic E-state index is 0.996. The van der Waals surface area contributed by atoms with Crippen LogP contribution in [0.3, 0.4) is 0 Å². The molecule has 154 valence electrons. The van der Waals surface area contributed by atoms with Gasteiger partial charge in [-0.2, -0.15) is 0 Å². The zero-order valence-electron chi connectivity index (χ0n) is 18.0. The molecule has 1 heteroatoms. The molecule has 0 radical (unpaired) electrons. The molecule has 0 amide bonds. The van der Waals surface area contributed by atoms with Crippen LogP contribution in [0.25, 0.3) is 0 Å². The molecule has 0 nitrogen and oxygen atoms in total. The van der Waals surface area contributed by atoms with Crippen molar-refractivity contribution in [3.05, 3.63) is 60.3 Å². The summed E-state index contributed by atoms with van der Waals surface area (Å²) < 4.78 is 0. The fraction of sp³-hybridized carbons (Fsp3) is 0.615. The number of halogens is 1. The van der Waals surface area contributed by atoms with Gasteiger partial charge in [-0.3, -0.25) is 0 Å². The smallest absolute Gasteiger partial charge is 0.0214 e. The van der Waals surface area contributed by atoms with E-state index in [1.807, 2.05) is 0 Å². The van der Waals surface area contributed by atoms with Gasteiger partial charge in [-0.15, -0.1) is 0 Å². The maximum atomic E-state index is 3.55. The van der Waals surface area contributed by atoms with E-state index in [2.05, 4.69) is 84.5 Å². The molecular formula is C26H43Br. The predicted molar refractivity (Wildman–Crippen MR) is 130 cm³/mol. The van der Waals surface area contributed by atoms with Crippen molar-refractivity contribution in [1.82, 2.24) is 0 Å². The summed E-state index contributed by atoms with van der Waals surface area (Å²) in [7, 11) is 0. The van der Waals surface area contributed by atoms with Crippen LogP contribution in [0.1, 0.15) is 97.3 Å². The van der Waals surface area contributed by atoms with Crippen molar-refractivity contribution < 1.29 is 0 Å². The maximum Gasteiger partial charge on any atom is 0.0214 e. The third-order valence-corrected chi connectivity index (χ3v) is 4.91. The zero-order valence-corrected chi connectivity index (χ0v) is 19.6. The Morgan fingerprint density at radius 2 is 1.15 bits per heavy atom. The number of allylic oxidation sites excluding steroid dienone is 10. The van der Waals surface area contributed by atoms with Crippen molar-refractivity contribution in [3.8, 4) is 0 Å². The third kappa shape index (κ3) is 21.3. The lowest BCUT2D eigenvalue weighted by atomic mass is 10.0. The minimum absolute atomic E-state index is 0.996. The molecule has 27 heavy (non-hydrogen) atoms. The van der Waals surface area contributed by atoms with Gasteiger partial charge in [0.25, 0.3) is 0 Å². The van der Waals surface area contributed by atoms with Crippen LogP contribution in [0.5, 0.6) is 0 Å². The molecule has 0 heterocycles. The van der Waals surface area contributed by atoms with Crippen molar-refractivity contribution in [2.45, 2.75) is 97.3 Å². The number of hydrogen-bond acceptors (Lipinski definition) is 0. The molecule has 0 aliphatic heterocycles. The van der Waals surface area contributed by atoms with E-state index in [9.17, 15) is 0 Å². The van der Waals surface area contributed by atoms with Gasteiger partial charge in [0.1, 0.15) is 0 Å². The summed E-state index contributed by atoms with van der Waals surface area (Å²) in [6.07, 6.45) is 36.9. The molecule has 0 aliphatic carbocycles. The largest absolute Gasteiger partial charge is 0.0917 e. The van der Waals surface area contributed by atoms with E-state index in [-0.39, 0.29) is 0 Å². The standard InChI is InChI=1S/C26H43Br/c1-3-5-7-9-10-11-12-13-14-15-16-17-18-19-21-23-26(24-25-27)22-20-8-6-4-2/h3,5,10-11,14-15,18-19,24H,4,6-9,12-13,16-17,20-23,25H2,1-2H3/b5-3+,11-10+,15-14+,19-18+,26-24-. The first-order valence-corrected chi connectivity index (χ1v) is 12.3. The van der Waals surface area contributed by atoms with Crippen LogP contribution in [0.4, 0.5) is 0 Å². The summed E-state index contributed by atoms with van der Waals surface area (Å²) in [5.74, 6) is 0. The summed E-state index contributed by atoms with van der Waals surface area (Å²) in [4.78, 5) is 0. The third-order valence-electron chi connectivity index (χ3n) is 4.59. The summed E-state index contributed by atoms with van der Waals surface area (Å²) >= 11 is 3.55. The van der Waals surface area contributed by atoms with Crippen LogP contribution in [0.2, 0.25) is 0 Å². The van der Waals surface area contributed by atoms with E-state index in [4.69, 9.17) is 0 Å². The Morgan fingerprint density at radius 1 is 0.630 bits per heavy atom. The summed E-state index contributed by atoms with van der Waals surface area (Å²) in [5, 5.41) is 0.996. The van der Waals surface area contributed by atoms with Crippen molar-refractivity contribution in [2.24, 2.45) is 0 Å². The monoisotopic (exact) mass is 434 g/mol. The molecule has 0 aromatic carbocycles. The van der Waals surface area contributed by atoms with Crippen LogP contribution in [-0.4, -0.2) is 5.33 Å². The maximum absolute atomic E-state index is 3.55. The SMILES string of the molecule is C/C=C/CC/C=C/CC/C=C/CC/C=C/CC/C(=C\CBr)CCCCCC. The van der Waals surface area contributed by atoms with Gasteiger partial charge in [0.2, 0.25) is 0 Å². The molecule has 0 aromatic heterocycles. The average molecular weight is 436 g/mol. The lowest BCUT2D eigenvalue weighted by Gasteiger charge is -2.05. The van der Waals surface area contributed by atoms with Gasteiger partial charge in [-0.05, 0) is 71.1 Å². The molecule has 0 bridgehead atoms. The molecule has 0 aliphatic rings. The zero-order chi connectivity index (χ0) is 19.8. The van der Waals surface area contributed by atoms with Gasteiger partial charge in [0.15, 0.2) is 0 Å². The number of alkyl halides is 1. The Balaban J connectivity index is 3.65.